The van der Waals surface area contributed by atoms with Gasteiger partial charge in [0.2, 0.25) is 11.8 Å². The summed E-state index contributed by atoms with van der Waals surface area (Å²) in [6, 6.07) is 3.03. The summed E-state index contributed by atoms with van der Waals surface area (Å²) in [4.78, 5) is 25.9. The smallest absolute Gasteiger partial charge is 0.247 e. The molecule has 1 heterocycles. The SMILES string of the molecule is CCOc1c(Cl)cc(/C=C/C(=O)N2CCNC(=O)C2CC)cc1OC. The number of nitrogens with zero attached hydrogens (tertiary/aromatic N) is 1. The van der Waals surface area contributed by atoms with E-state index in [1.807, 2.05) is 13.8 Å². The Morgan fingerprint density at radius 1 is 1.44 bits per heavy atom. The maximum Gasteiger partial charge on any atom is 0.247 e. The average molecular weight is 367 g/mol. The summed E-state index contributed by atoms with van der Waals surface area (Å²) in [5.74, 6) is 0.672. The van der Waals surface area contributed by atoms with Gasteiger partial charge in [-0.1, -0.05) is 18.5 Å². The first-order valence-corrected chi connectivity index (χ1v) is 8.66. The van der Waals surface area contributed by atoms with Crippen LogP contribution in [0, 0.1) is 0 Å². The zero-order valence-corrected chi connectivity index (χ0v) is 15.4. The third-order valence-electron chi connectivity index (χ3n) is 3.96. The summed E-state index contributed by atoms with van der Waals surface area (Å²) in [5.41, 5.74) is 0.716. The summed E-state index contributed by atoms with van der Waals surface area (Å²) in [6.45, 7) is 5.19. The quantitative estimate of drug-likeness (QED) is 0.785. The number of halogens is 1. The molecule has 0 aromatic heterocycles. The van der Waals surface area contributed by atoms with Crippen molar-refractivity contribution in [3.8, 4) is 11.5 Å². The number of rotatable bonds is 6. The van der Waals surface area contributed by atoms with Crippen molar-refractivity contribution in [1.29, 1.82) is 0 Å². The van der Waals surface area contributed by atoms with E-state index in [9.17, 15) is 9.59 Å². The first-order valence-electron chi connectivity index (χ1n) is 8.28. The van der Waals surface area contributed by atoms with Gasteiger partial charge < -0.3 is 19.7 Å². The van der Waals surface area contributed by atoms with Crippen molar-refractivity contribution in [3.63, 3.8) is 0 Å². The first kappa shape index (κ1) is 19.1. The first-order chi connectivity index (χ1) is 12.0. The third kappa shape index (κ3) is 4.45. The summed E-state index contributed by atoms with van der Waals surface area (Å²) in [5, 5.41) is 3.19. The second-order valence-electron chi connectivity index (χ2n) is 5.55. The molecule has 0 saturated carbocycles. The Morgan fingerprint density at radius 3 is 2.84 bits per heavy atom. The number of benzene rings is 1. The highest BCUT2D eigenvalue weighted by Gasteiger charge is 2.30. The molecule has 1 aliphatic rings. The van der Waals surface area contributed by atoms with Crippen LogP contribution >= 0.6 is 11.6 Å². The summed E-state index contributed by atoms with van der Waals surface area (Å²) < 4.78 is 10.8. The molecule has 2 amide bonds. The number of piperazine rings is 1. The van der Waals surface area contributed by atoms with Gasteiger partial charge in [0, 0.05) is 19.2 Å². The molecular formula is C18H23ClN2O4. The largest absolute Gasteiger partial charge is 0.493 e. The standard InChI is InChI=1S/C18H23ClN2O4/c1-4-14-18(23)20-8-9-21(14)16(22)7-6-12-10-13(19)17(25-5-2)15(11-12)24-3/h6-7,10-11,14H,4-5,8-9H2,1-3H3,(H,20,23)/b7-6+. The van der Waals surface area contributed by atoms with Crippen LogP contribution < -0.4 is 14.8 Å². The average Bonchev–Trinajstić information content (AvgIpc) is 2.61. The number of carbonyl (C=O) groups is 2. The zero-order valence-electron chi connectivity index (χ0n) is 14.7. The van der Waals surface area contributed by atoms with E-state index in [4.69, 9.17) is 21.1 Å². The summed E-state index contributed by atoms with van der Waals surface area (Å²) in [6.07, 6.45) is 3.69. The van der Waals surface area contributed by atoms with Crippen LogP contribution in [0.3, 0.4) is 0 Å². The van der Waals surface area contributed by atoms with Crippen LogP contribution in [-0.4, -0.2) is 49.6 Å². The number of hydrogen-bond donors (Lipinski definition) is 1. The lowest BCUT2D eigenvalue weighted by molar-refractivity contribution is -0.140. The molecular weight excluding hydrogens is 344 g/mol. The van der Waals surface area contributed by atoms with Crippen molar-refractivity contribution in [2.45, 2.75) is 26.3 Å². The Bertz CT molecular complexity index is 675. The molecule has 0 bridgehead atoms. The van der Waals surface area contributed by atoms with Gasteiger partial charge in [-0.3, -0.25) is 9.59 Å². The molecule has 1 aliphatic heterocycles. The fraction of sp³-hybridized carbons (Fsp3) is 0.444. The second kappa shape index (κ2) is 8.76. The van der Waals surface area contributed by atoms with E-state index in [0.29, 0.717) is 48.2 Å². The maximum absolute atomic E-state index is 12.5. The van der Waals surface area contributed by atoms with Gasteiger partial charge in [-0.2, -0.15) is 0 Å². The fourth-order valence-electron chi connectivity index (χ4n) is 2.77. The van der Waals surface area contributed by atoms with E-state index in [1.54, 1.807) is 23.1 Å². The minimum atomic E-state index is -0.427. The molecule has 1 aromatic rings. The van der Waals surface area contributed by atoms with Crippen LogP contribution in [0.4, 0.5) is 0 Å². The van der Waals surface area contributed by atoms with Crippen molar-refractivity contribution in [2.24, 2.45) is 0 Å². The van der Waals surface area contributed by atoms with E-state index in [0.717, 1.165) is 0 Å². The van der Waals surface area contributed by atoms with Crippen LogP contribution in [0.15, 0.2) is 18.2 Å². The number of nitrogens with one attached hydrogen (secondary N) is 1. The Hall–Kier alpha value is -2.21. The van der Waals surface area contributed by atoms with Gasteiger partial charge in [0.05, 0.1) is 18.7 Å². The molecule has 1 fully saturated rings. The normalized spacial score (nSPS) is 17.5. The predicted octanol–water partition coefficient (Wildman–Crippen LogP) is 2.50. The highest BCUT2D eigenvalue weighted by Crippen LogP contribution is 2.36. The maximum atomic E-state index is 12.5. The minimum Gasteiger partial charge on any atom is -0.493 e. The second-order valence-corrected chi connectivity index (χ2v) is 5.95. The number of hydrogen-bond acceptors (Lipinski definition) is 4. The Morgan fingerprint density at radius 2 is 2.20 bits per heavy atom. The monoisotopic (exact) mass is 366 g/mol. The van der Waals surface area contributed by atoms with E-state index in [2.05, 4.69) is 5.32 Å². The van der Waals surface area contributed by atoms with Gasteiger partial charge in [-0.15, -0.1) is 0 Å². The zero-order chi connectivity index (χ0) is 18.4. The molecule has 1 aromatic carbocycles. The number of amides is 2. The van der Waals surface area contributed by atoms with Crippen molar-refractivity contribution >= 4 is 29.5 Å². The molecule has 1 N–H and O–H groups in total. The Kier molecular flexibility index (Phi) is 6.70. The lowest BCUT2D eigenvalue weighted by Gasteiger charge is -2.33. The van der Waals surface area contributed by atoms with Gasteiger partial charge in [-0.05, 0) is 37.1 Å². The molecule has 136 valence electrons. The summed E-state index contributed by atoms with van der Waals surface area (Å²) >= 11 is 6.23. The van der Waals surface area contributed by atoms with Crippen LogP contribution in [0.5, 0.6) is 11.5 Å². The fourth-order valence-corrected chi connectivity index (χ4v) is 3.04. The van der Waals surface area contributed by atoms with Crippen LogP contribution in [-0.2, 0) is 9.59 Å². The number of methoxy groups -OCH3 is 1. The third-order valence-corrected chi connectivity index (χ3v) is 4.24. The molecule has 1 unspecified atom stereocenters. The number of carbonyl (C=O) groups excluding carboxylic acids is 2. The van der Waals surface area contributed by atoms with Crippen molar-refractivity contribution in [3.05, 3.63) is 28.8 Å². The Balaban J connectivity index is 2.19. The number of ether oxygens (including phenoxy) is 2. The molecule has 25 heavy (non-hydrogen) atoms. The van der Waals surface area contributed by atoms with E-state index in [-0.39, 0.29) is 11.8 Å². The van der Waals surface area contributed by atoms with Crippen LogP contribution in [0.25, 0.3) is 6.08 Å². The van der Waals surface area contributed by atoms with Gasteiger partial charge in [0.15, 0.2) is 11.5 Å². The molecule has 6 nitrogen and oxygen atoms in total. The van der Waals surface area contributed by atoms with Crippen LogP contribution in [0.1, 0.15) is 25.8 Å². The van der Waals surface area contributed by atoms with E-state index in [1.165, 1.54) is 13.2 Å². The van der Waals surface area contributed by atoms with Gasteiger partial charge >= 0.3 is 0 Å². The lowest BCUT2D eigenvalue weighted by Crippen LogP contribution is -2.56. The molecule has 7 heteroatoms. The molecule has 1 saturated heterocycles. The molecule has 0 aliphatic carbocycles. The van der Waals surface area contributed by atoms with E-state index < -0.39 is 6.04 Å². The summed E-state index contributed by atoms with van der Waals surface area (Å²) in [7, 11) is 1.53. The lowest BCUT2D eigenvalue weighted by atomic mass is 10.1. The van der Waals surface area contributed by atoms with Crippen molar-refractivity contribution in [2.75, 3.05) is 26.8 Å². The van der Waals surface area contributed by atoms with E-state index >= 15 is 0 Å². The van der Waals surface area contributed by atoms with Crippen molar-refractivity contribution < 1.29 is 19.1 Å². The highest BCUT2D eigenvalue weighted by molar-refractivity contribution is 6.32. The Labute approximate surface area is 152 Å². The topological polar surface area (TPSA) is 67.9 Å². The van der Waals surface area contributed by atoms with Gasteiger partial charge in [0.25, 0.3) is 0 Å². The van der Waals surface area contributed by atoms with Crippen LogP contribution in [0.2, 0.25) is 5.02 Å². The predicted molar refractivity (Wildman–Crippen MR) is 97.0 cm³/mol. The molecule has 1 atom stereocenters. The van der Waals surface area contributed by atoms with Crippen molar-refractivity contribution in [1.82, 2.24) is 10.2 Å². The van der Waals surface area contributed by atoms with Gasteiger partial charge in [-0.25, -0.2) is 0 Å². The minimum absolute atomic E-state index is 0.110. The molecule has 0 radical (unpaired) electrons. The molecule has 0 spiro atoms. The highest BCUT2D eigenvalue weighted by atomic mass is 35.5. The van der Waals surface area contributed by atoms with Gasteiger partial charge in [0.1, 0.15) is 6.04 Å². The molecule has 2 rings (SSSR count).